The van der Waals surface area contributed by atoms with Crippen molar-refractivity contribution in [1.82, 2.24) is 14.8 Å². The number of halogens is 1. The number of aromatic nitrogens is 3. The second-order valence-corrected chi connectivity index (χ2v) is 7.78. The Morgan fingerprint density at radius 1 is 0.867 bits per heavy atom. The molecule has 4 aromatic rings. The molecule has 3 heterocycles. The van der Waals surface area contributed by atoms with E-state index in [4.69, 9.17) is 16.3 Å². The van der Waals surface area contributed by atoms with Crippen LogP contribution in [0.2, 0.25) is 5.02 Å². The molecule has 0 spiro atoms. The van der Waals surface area contributed by atoms with Crippen molar-refractivity contribution < 1.29 is 4.74 Å². The molecule has 0 saturated carbocycles. The molecular formula is C24H17ClN4O. The first kappa shape index (κ1) is 17.3. The lowest BCUT2D eigenvalue weighted by Gasteiger charge is -2.39. The Kier molecular flexibility index (Phi) is 3.89. The quantitative estimate of drug-likeness (QED) is 0.473. The number of benzene rings is 3. The van der Waals surface area contributed by atoms with E-state index in [0.717, 1.165) is 33.7 Å². The normalized spacial score (nSPS) is 19.2. The molecule has 2 atom stereocenters. The van der Waals surface area contributed by atoms with E-state index < -0.39 is 0 Å². The van der Waals surface area contributed by atoms with E-state index in [-0.39, 0.29) is 12.1 Å². The summed E-state index contributed by atoms with van der Waals surface area (Å²) in [5.41, 5.74) is 5.30. The lowest BCUT2D eigenvalue weighted by molar-refractivity contribution is 0.223. The highest BCUT2D eigenvalue weighted by Gasteiger charge is 2.40. The largest absolute Gasteiger partial charge is 0.480 e. The Labute approximate surface area is 178 Å². The maximum atomic E-state index is 6.57. The van der Waals surface area contributed by atoms with Crippen molar-refractivity contribution in [2.45, 2.75) is 12.1 Å². The fourth-order valence-corrected chi connectivity index (χ4v) is 4.41. The van der Waals surface area contributed by atoms with Gasteiger partial charge in [0.25, 0.3) is 0 Å². The predicted octanol–water partition coefficient (Wildman–Crippen LogP) is 5.49. The van der Waals surface area contributed by atoms with Crippen LogP contribution in [-0.2, 0) is 0 Å². The molecule has 6 rings (SSSR count). The van der Waals surface area contributed by atoms with E-state index in [1.165, 1.54) is 0 Å². The molecule has 0 fully saturated rings. The summed E-state index contributed by atoms with van der Waals surface area (Å²) in [7, 11) is 0. The van der Waals surface area contributed by atoms with Gasteiger partial charge in [-0.3, -0.25) is 0 Å². The van der Waals surface area contributed by atoms with Crippen molar-refractivity contribution >= 4 is 23.2 Å². The number of hydrogen-bond acceptors (Lipinski definition) is 4. The summed E-state index contributed by atoms with van der Waals surface area (Å²) in [6, 6.07) is 26.1. The first-order valence-electron chi connectivity index (χ1n) is 9.76. The molecule has 0 amide bonds. The monoisotopic (exact) mass is 412 g/mol. The van der Waals surface area contributed by atoms with Crippen molar-refractivity contribution in [3.8, 4) is 5.75 Å². The fourth-order valence-electron chi connectivity index (χ4n) is 4.29. The minimum absolute atomic E-state index is 0.172. The predicted molar refractivity (Wildman–Crippen MR) is 116 cm³/mol. The summed E-state index contributed by atoms with van der Waals surface area (Å²) in [5.74, 6) is 1.55. The molecule has 0 radical (unpaired) electrons. The Hall–Kier alpha value is -3.57. The third-order valence-electron chi connectivity index (χ3n) is 5.61. The van der Waals surface area contributed by atoms with Crippen molar-refractivity contribution in [2.75, 3.05) is 5.32 Å². The average Bonchev–Trinajstić information content (AvgIpc) is 3.27. The van der Waals surface area contributed by atoms with Gasteiger partial charge >= 0.3 is 0 Å². The summed E-state index contributed by atoms with van der Waals surface area (Å²) < 4.78 is 8.48. The van der Waals surface area contributed by atoms with E-state index in [0.29, 0.717) is 11.0 Å². The maximum absolute atomic E-state index is 6.57. The zero-order chi connectivity index (χ0) is 20.1. The van der Waals surface area contributed by atoms with Crippen LogP contribution in [0.3, 0.4) is 0 Å². The van der Waals surface area contributed by atoms with Crippen molar-refractivity contribution in [1.29, 1.82) is 0 Å². The highest BCUT2D eigenvalue weighted by Crippen LogP contribution is 2.50. The van der Waals surface area contributed by atoms with E-state index in [1.807, 2.05) is 65.3 Å². The third-order valence-corrected chi connectivity index (χ3v) is 5.86. The summed E-state index contributed by atoms with van der Waals surface area (Å²) in [6.07, 6.45) is 1.31. The van der Waals surface area contributed by atoms with Crippen LogP contribution in [0.1, 0.15) is 28.8 Å². The molecule has 0 bridgehead atoms. The van der Waals surface area contributed by atoms with Gasteiger partial charge in [0.05, 0.1) is 5.70 Å². The zero-order valence-corrected chi connectivity index (χ0v) is 16.6. The lowest BCUT2D eigenvalue weighted by Crippen LogP contribution is -2.32. The van der Waals surface area contributed by atoms with Gasteiger partial charge in [-0.1, -0.05) is 66.2 Å². The molecule has 2 aliphatic heterocycles. The van der Waals surface area contributed by atoms with Gasteiger partial charge in [-0.15, -0.1) is 0 Å². The number of nitrogens with one attached hydrogen (secondary N) is 1. The van der Waals surface area contributed by atoms with E-state index in [9.17, 15) is 0 Å². The van der Waals surface area contributed by atoms with Gasteiger partial charge in [-0.05, 0) is 35.4 Å². The van der Waals surface area contributed by atoms with Crippen LogP contribution in [0, 0.1) is 0 Å². The van der Waals surface area contributed by atoms with E-state index >= 15 is 0 Å². The van der Waals surface area contributed by atoms with Crippen LogP contribution >= 0.6 is 11.6 Å². The molecule has 30 heavy (non-hydrogen) atoms. The zero-order valence-electron chi connectivity index (χ0n) is 15.9. The summed E-state index contributed by atoms with van der Waals surface area (Å²) in [6.45, 7) is 0. The first-order chi connectivity index (χ1) is 14.8. The Bertz CT molecular complexity index is 1260. The van der Waals surface area contributed by atoms with E-state index in [2.05, 4.69) is 33.6 Å². The topological polar surface area (TPSA) is 52.0 Å². The van der Waals surface area contributed by atoms with Gasteiger partial charge in [-0.25, -0.2) is 4.68 Å². The van der Waals surface area contributed by atoms with Gasteiger partial charge in [0, 0.05) is 16.2 Å². The number of nitrogens with zero attached hydrogens (tertiary/aromatic N) is 3. The third kappa shape index (κ3) is 2.63. The van der Waals surface area contributed by atoms with Crippen LogP contribution in [0.25, 0.3) is 5.70 Å². The molecule has 146 valence electrons. The Morgan fingerprint density at radius 2 is 1.63 bits per heavy atom. The Morgan fingerprint density at radius 3 is 2.47 bits per heavy atom. The molecule has 2 aliphatic rings. The highest BCUT2D eigenvalue weighted by molar-refractivity contribution is 6.30. The standard InChI is InChI=1S/C24H17ClN4O/c25-17-12-10-15(11-13-17)22-20-21(28-24-26-14-27-29(22)24)18-8-4-5-9-19(18)30-23(20)16-6-2-1-3-7-16/h1-14,22-23H,(H,26,27,28)/t22-,23+/m1/s1. The number of fused-ring (bicyclic) bond motifs is 3. The highest BCUT2D eigenvalue weighted by atomic mass is 35.5. The van der Waals surface area contributed by atoms with Crippen LogP contribution < -0.4 is 10.1 Å². The number of hydrogen-bond donors (Lipinski definition) is 1. The van der Waals surface area contributed by atoms with Gasteiger partial charge in [-0.2, -0.15) is 10.1 Å². The second kappa shape index (κ2) is 6.75. The first-order valence-corrected chi connectivity index (χ1v) is 10.1. The lowest BCUT2D eigenvalue weighted by atomic mass is 9.84. The molecule has 1 aromatic heterocycles. The van der Waals surface area contributed by atoms with Crippen molar-refractivity contribution in [3.63, 3.8) is 0 Å². The SMILES string of the molecule is Clc1ccc([C@@H]2C3=C(Nc4ncnn42)c2ccccc2O[C@H]3c2ccccc2)cc1. The number of ether oxygens (including phenoxy) is 1. The van der Waals surface area contributed by atoms with Crippen molar-refractivity contribution in [2.24, 2.45) is 0 Å². The smallest absolute Gasteiger partial charge is 0.226 e. The average molecular weight is 413 g/mol. The summed E-state index contributed by atoms with van der Waals surface area (Å²) in [4.78, 5) is 4.45. The molecule has 0 saturated heterocycles. The van der Waals surface area contributed by atoms with Crippen LogP contribution in [0.4, 0.5) is 5.95 Å². The van der Waals surface area contributed by atoms with Crippen LogP contribution in [-0.4, -0.2) is 14.8 Å². The van der Waals surface area contributed by atoms with Gasteiger partial charge in [0.15, 0.2) is 0 Å². The number of anilines is 1. The molecule has 0 unspecified atom stereocenters. The van der Waals surface area contributed by atoms with Gasteiger partial charge < -0.3 is 10.1 Å². The molecule has 3 aromatic carbocycles. The minimum Gasteiger partial charge on any atom is -0.480 e. The summed E-state index contributed by atoms with van der Waals surface area (Å²) >= 11 is 6.17. The molecule has 5 nitrogen and oxygen atoms in total. The fraction of sp³-hybridized carbons (Fsp3) is 0.0833. The van der Waals surface area contributed by atoms with E-state index in [1.54, 1.807) is 6.33 Å². The van der Waals surface area contributed by atoms with Crippen LogP contribution in [0.5, 0.6) is 5.75 Å². The molecular weight excluding hydrogens is 396 g/mol. The maximum Gasteiger partial charge on any atom is 0.226 e. The van der Waals surface area contributed by atoms with Crippen molar-refractivity contribution in [3.05, 3.63) is 112 Å². The molecule has 6 heteroatoms. The summed E-state index contributed by atoms with van der Waals surface area (Å²) in [5, 5.41) is 8.74. The second-order valence-electron chi connectivity index (χ2n) is 7.34. The minimum atomic E-state index is -0.262. The molecule has 0 aliphatic carbocycles. The van der Waals surface area contributed by atoms with Gasteiger partial charge in [0.2, 0.25) is 5.95 Å². The number of para-hydroxylation sites is 1. The Balaban J connectivity index is 1.63. The molecule has 1 N–H and O–H groups in total. The number of rotatable bonds is 2. The van der Waals surface area contributed by atoms with Gasteiger partial charge in [0.1, 0.15) is 24.2 Å². The van der Waals surface area contributed by atoms with Crippen LogP contribution in [0.15, 0.2) is 90.8 Å².